The van der Waals surface area contributed by atoms with E-state index in [4.69, 9.17) is 23.2 Å². The van der Waals surface area contributed by atoms with Gasteiger partial charge in [0.15, 0.2) is 0 Å². The van der Waals surface area contributed by atoms with Crippen molar-refractivity contribution < 1.29 is 9.18 Å². The normalized spacial score (nSPS) is 23.1. The van der Waals surface area contributed by atoms with Crippen molar-refractivity contribution in [1.82, 2.24) is 5.32 Å². The van der Waals surface area contributed by atoms with E-state index in [1.54, 1.807) is 0 Å². The van der Waals surface area contributed by atoms with Crippen LogP contribution in [0.15, 0.2) is 18.2 Å². The molecule has 1 aromatic carbocycles. The quantitative estimate of drug-likeness (QED) is 0.846. The fourth-order valence-corrected chi connectivity index (χ4v) is 2.74. The third-order valence-electron chi connectivity index (χ3n) is 3.27. The molecule has 0 radical (unpaired) electrons. The Kier molecular flexibility index (Phi) is 4.46. The number of rotatable bonds is 3. The van der Waals surface area contributed by atoms with Crippen LogP contribution in [-0.2, 0) is 0 Å². The highest BCUT2D eigenvalue weighted by Gasteiger charge is 2.25. The lowest BCUT2D eigenvalue weighted by atomic mass is 10.1. The van der Waals surface area contributed by atoms with Crippen LogP contribution in [-0.4, -0.2) is 17.8 Å². The summed E-state index contributed by atoms with van der Waals surface area (Å²) in [5.74, 6) is -0.736. The van der Waals surface area contributed by atoms with E-state index in [-0.39, 0.29) is 21.9 Å². The zero-order valence-corrected chi connectivity index (χ0v) is 11.3. The van der Waals surface area contributed by atoms with E-state index < -0.39 is 11.7 Å². The molecule has 0 saturated heterocycles. The number of alkyl halides is 1. The van der Waals surface area contributed by atoms with E-state index in [1.165, 1.54) is 12.1 Å². The minimum absolute atomic E-state index is 0.0171. The lowest BCUT2D eigenvalue weighted by Crippen LogP contribution is -2.31. The summed E-state index contributed by atoms with van der Waals surface area (Å²) in [5.41, 5.74) is 0.0171. The Morgan fingerprint density at radius 2 is 2.22 bits per heavy atom. The first-order chi connectivity index (χ1) is 8.58. The van der Waals surface area contributed by atoms with E-state index in [0.29, 0.717) is 6.54 Å². The van der Waals surface area contributed by atoms with Gasteiger partial charge < -0.3 is 5.32 Å². The van der Waals surface area contributed by atoms with Gasteiger partial charge in [-0.25, -0.2) is 4.39 Å². The second kappa shape index (κ2) is 5.89. The average molecular weight is 290 g/mol. The van der Waals surface area contributed by atoms with Gasteiger partial charge in [-0.2, -0.15) is 0 Å². The highest BCUT2D eigenvalue weighted by atomic mass is 35.5. The van der Waals surface area contributed by atoms with Crippen molar-refractivity contribution in [1.29, 1.82) is 0 Å². The summed E-state index contributed by atoms with van der Waals surface area (Å²) in [6.45, 7) is 0.495. The highest BCUT2D eigenvalue weighted by Crippen LogP contribution is 2.29. The summed E-state index contributed by atoms with van der Waals surface area (Å²) in [7, 11) is 0. The van der Waals surface area contributed by atoms with Gasteiger partial charge in [-0.1, -0.05) is 18.0 Å². The van der Waals surface area contributed by atoms with Gasteiger partial charge in [-0.3, -0.25) is 4.79 Å². The van der Waals surface area contributed by atoms with Crippen molar-refractivity contribution in [3.63, 3.8) is 0 Å². The molecule has 2 nitrogen and oxygen atoms in total. The van der Waals surface area contributed by atoms with Crippen molar-refractivity contribution in [2.45, 2.75) is 24.6 Å². The summed E-state index contributed by atoms with van der Waals surface area (Å²) < 4.78 is 13.5. The molecule has 1 aliphatic rings. The second-order valence-electron chi connectivity index (χ2n) is 4.54. The predicted molar refractivity (Wildman–Crippen MR) is 70.7 cm³/mol. The molecule has 0 bridgehead atoms. The van der Waals surface area contributed by atoms with Crippen LogP contribution in [0.2, 0.25) is 5.02 Å². The maximum Gasteiger partial charge on any atom is 0.254 e. The molecular weight excluding hydrogens is 276 g/mol. The summed E-state index contributed by atoms with van der Waals surface area (Å²) >= 11 is 11.7. The molecule has 0 spiro atoms. The Morgan fingerprint density at radius 3 is 2.83 bits per heavy atom. The molecule has 2 atom stereocenters. The van der Waals surface area contributed by atoms with Gasteiger partial charge in [0.2, 0.25) is 0 Å². The van der Waals surface area contributed by atoms with Crippen LogP contribution in [0.1, 0.15) is 29.6 Å². The topological polar surface area (TPSA) is 29.1 Å². The van der Waals surface area contributed by atoms with Crippen molar-refractivity contribution in [2.75, 3.05) is 6.54 Å². The van der Waals surface area contributed by atoms with Crippen LogP contribution in [0.4, 0.5) is 4.39 Å². The van der Waals surface area contributed by atoms with Gasteiger partial charge in [-0.05, 0) is 37.0 Å². The smallest absolute Gasteiger partial charge is 0.254 e. The number of benzene rings is 1. The largest absolute Gasteiger partial charge is 0.352 e. The molecular formula is C13H14Cl2FNO. The third kappa shape index (κ3) is 3.15. The molecule has 0 heterocycles. The number of carbonyl (C=O) groups is 1. The Balaban J connectivity index is 1.95. The molecule has 1 amide bonds. The SMILES string of the molecule is O=C(NCC1CCCC1Cl)c1ccc(Cl)cc1F. The van der Waals surface area contributed by atoms with Crippen molar-refractivity contribution >= 4 is 29.1 Å². The van der Waals surface area contributed by atoms with Crippen molar-refractivity contribution in [2.24, 2.45) is 5.92 Å². The van der Waals surface area contributed by atoms with Gasteiger partial charge in [0, 0.05) is 16.9 Å². The van der Waals surface area contributed by atoms with Gasteiger partial charge in [0.25, 0.3) is 5.91 Å². The van der Waals surface area contributed by atoms with Crippen LogP contribution in [0.5, 0.6) is 0 Å². The molecule has 1 aliphatic carbocycles. The number of amides is 1. The Morgan fingerprint density at radius 1 is 1.44 bits per heavy atom. The predicted octanol–water partition coefficient (Wildman–Crippen LogP) is 3.62. The number of hydrogen-bond acceptors (Lipinski definition) is 1. The summed E-state index contributed by atoms with van der Waals surface area (Å²) in [6.07, 6.45) is 3.08. The highest BCUT2D eigenvalue weighted by molar-refractivity contribution is 6.30. The fourth-order valence-electron chi connectivity index (χ4n) is 2.21. The number of halogens is 3. The molecule has 1 fully saturated rings. The van der Waals surface area contributed by atoms with Crippen molar-refractivity contribution in [3.8, 4) is 0 Å². The van der Waals surface area contributed by atoms with Gasteiger partial charge >= 0.3 is 0 Å². The maximum absolute atomic E-state index is 13.5. The third-order valence-corrected chi connectivity index (χ3v) is 4.08. The first-order valence-electron chi connectivity index (χ1n) is 5.95. The lowest BCUT2D eigenvalue weighted by Gasteiger charge is -2.14. The van der Waals surface area contributed by atoms with E-state index in [0.717, 1.165) is 25.3 Å². The Labute approximate surface area is 115 Å². The Hall–Kier alpha value is -0.800. The van der Waals surface area contributed by atoms with Crippen LogP contribution in [0.3, 0.4) is 0 Å². The molecule has 0 aliphatic heterocycles. The van der Waals surface area contributed by atoms with Gasteiger partial charge in [0.05, 0.1) is 5.56 Å². The molecule has 1 N–H and O–H groups in total. The Bertz CT molecular complexity index is 453. The molecule has 1 saturated carbocycles. The molecule has 98 valence electrons. The van der Waals surface area contributed by atoms with Crippen LogP contribution in [0, 0.1) is 11.7 Å². The minimum atomic E-state index is -0.603. The van der Waals surface area contributed by atoms with Crippen molar-refractivity contribution in [3.05, 3.63) is 34.6 Å². The summed E-state index contributed by atoms with van der Waals surface area (Å²) in [5, 5.41) is 3.11. The molecule has 1 aromatic rings. The van der Waals surface area contributed by atoms with Gasteiger partial charge in [0.1, 0.15) is 5.82 Å². The lowest BCUT2D eigenvalue weighted by molar-refractivity contribution is 0.0943. The minimum Gasteiger partial charge on any atom is -0.352 e. The van der Waals surface area contributed by atoms with E-state index >= 15 is 0 Å². The fraction of sp³-hybridized carbons (Fsp3) is 0.462. The second-order valence-corrected chi connectivity index (χ2v) is 5.54. The maximum atomic E-state index is 13.5. The molecule has 2 rings (SSSR count). The van der Waals surface area contributed by atoms with Crippen LogP contribution >= 0.6 is 23.2 Å². The zero-order valence-electron chi connectivity index (χ0n) is 9.76. The summed E-state index contributed by atoms with van der Waals surface area (Å²) in [4.78, 5) is 11.8. The summed E-state index contributed by atoms with van der Waals surface area (Å²) in [6, 6.07) is 4.02. The van der Waals surface area contributed by atoms with Crippen LogP contribution < -0.4 is 5.32 Å². The van der Waals surface area contributed by atoms with E-state index in [9.17, 15) is 9.18 Å². The molecule has 5 heteroatoms. The first kappa shape index (κ1) is 13.6. The van der Waals surface area contributed by atoms with E-state index in [2.05, 4.69) is 5.32 Å². The monoisotopic (exact) mass is 289 g/mol. The van der Waals surface area contributed by atoms with Crippen LogP contribution in [0.25, 0.3) is 0 Å². The number of nitrogens with one attached hydrogen (secondary N) is 1. The molecule has 18 heavy (non-hydrogen) atoms. The number of carbonyl (C=O) groups excluding carboxylic acids is 1. The number of hydrogen-bond donors (Lipinski definition) is 1. The molecule has 2 unspecified atom stereocenters. The molecule has 0 aromatic heterocycles. The first-order valence-corrected chi connectivity index (χ1v) is 6.76. The zero-order chi connectivity index (χ0) is 13.1. The average Bonchev–Trinajstić information content (AvgIpc) is 2.72. The van der Waals surface area contributed by atoms with Gasteiger partial charge in [-0.15, -0.1) is 11.6 Å². The van der Waals surface area contributed by atoms with E-state index in [1.807, 2.05) is 0 Å². The standard InChI is InChI=1S/C13H14Cl2FNO/c14-9-4-5-10(12(16)6-9)13(18)17-7-8-2-1-3-11(8)15/h4-6,8,11H,1-3,7H2,(H,17,18).